The van der Waals surface area contributed by atoms with Crippen LogP contribution in [0.4, 0.5) is 0 Å². The van der Waals surface area contributed by atoms with Crippen LogP contribution in [0.15, 0.2) is 267 Å². The van der Waals surface area contributed by atoms with Crippen LogP contribution in [-0.4, -0.2) is 23.3 Å². The molecule has 0 amide bonds. The molecule has 0 saturated heterocycles. The molecule has 478 valence electrons. The molecule has 12 nitrogen and oxygen atoms in total. The molecule has 0 unspecified atom stereocenters. The molecule has 0 aliphatic carbocycles. The Balaban J connectivity index is 0.934. The maximum atomic E-state index is 12.6. The predicted molar refractivity (Wildman–Crippen MR) is 411 cm³/mol. The van der Waals surface area contributed by atoms with Crippen molar-refractivity contribution in [2.75, 3.05) is 0 Å². The summed E-state index contributed by atoms with van der Waals surface area (Å²) in [5.74, 6) is 0. The van der Waals surface area contributed by atoms with Crippen LogP contribution in [0.2, 0.25) is 0 Å². The molecule has 13 aromatic carbocycles. The smallest absolute Gasteiger partial charge is 0.100 e. The summed E-state index contributed by atoms with van der Waals surface area (Å²) >= 11 is 0. The van der Waals surface area contributed by atoms with Crippen molar-refractivity contribution < 1.29 is 0 Å². The highest BCUT2D eigenvalue weighted by Gasteiger charge is 2.31. The van der Waals surface area contributed by atoms with Gasteiger partial charge >= 0.3 is 0 Å². The zero-order valence-electron chi connectivity index (χ0n) is 55.8. The average Bonchev–Trinajstić information content (AvgIpc) is 1.10. The van der Waals surface area contributed by atoms with Crippen molar-refractivity contribution in [2.24, 2.45) is 0 Å². The van der Waals surface area contributed by atoms with Crippen LogP contribution in [-0.2, 0) is 0 Å². The van der Waals surface area contributed by atoms with E-state index in [-0.39, 0.29) is 0 Å². The molecule has 5 heterocycles. The molecule has 0 N–H and O–H groups in total. The Kier molecular flexibility index (Phi) is 14.1. The van der Waals surface area contributed by atoms with E-state index < -0.39 is 0 Å². The second kappa shape index (κ2) is 24.0. The molecule has 18 rings (SSSR count). The number of aromatic nitrogens is 5. The molecule has 5 aromatic heterocycles. The van der Waals surface area contributed by atoms with Crippen LogP contribution in [0.5, 0.6) is 0 Å². The Hall–Kier alpha value is -15.4. The van der Waals surface area contributed by atoms with Crippen LogP contribution in [0.3, 0.4) is 0 Å². The van der Waals surface area contributed by atoms with Gasteiger partial charge in [-0.05, 0) is 236 Å². The van der Waals surface area contributed by atoms with Crippen molar-refractivity contribution in [3.63, 3.8) is 0 Å². The molecule has 0 aliphatic rings. The van der Waals surface area contributed by atoms with E-state index in [0.29, 0.717) is 55.8 Å². The maximum Gasteiger partial charge on any atom is 0.100 e. The van der Waals surface area contributed by atoms with Crippen molar-refractivity contribution in [3.8, 4) is 121 Å². The predicted octanol–water partition coefficient (Wildman–Crippen LogP) is 21.5. The maximum absolute atomic E-state index is 12.6. The summed E-state index contributed by atoms with van der Waals surface area (Å²) in [5.41, 5.74) is 23.7. The summed E-state index contributed by atoms with van der Waals surface area (Å²) in [6.07, 6.45) is 1.79. The minimum absolute atomic E-state index is 0.389. The number of nitrogens with zero attached hydrogens (tertiary/aromatic N) is 12. The molecular weight excluding hydrogens is 1270 g/mol. The number of fused-ring (bicyclic) bond motifs is 12. The van der Waals surface area contributed by atoms with E-state index in [9.17, 15) is 36.8 Å². The normalized spacial score (nSPS) is 11.3. The van der Waals surface area contributed by atoms with Crippen molar-refractivity contribution in [2.45, 2.75) is 13.8 Å². The van der Waals surface area contributed by atoms with Crippen molar-refractivity contribution >= 4 is 87.2 Å². The number of pyridine rings is 1. The number of hydrogen-bond donors (Lipinski definition) is 0. The molecule has 12 heteroatoms. The molecule has 0 aliphatic heterocycles. The summed E-state index contributed by atoms with van der Waals surface area (Å²) in [4.78, 5) is 5.23. The van der Waals surface area contributed by atoms with Gasteiger partial charge in [0.05, 0.1) is 125 Å². The fourth-order valence-electron chi connectivity index (χ4n) is 15.7. The van der Waals surface area contributed by atoms with Gasteiger partial charge in [0.25, 0.3) is 0 Å². The molecule has 0 radical (unpaired) electrons. The number of rotatable bonds is 9. The SMILES string of the molecule is Cc1ccc2c(c1)c1cc(C)ccc1n2-c1ccc(-c2c(-c3ccc(-n4c5ccc(C#N)cc5c5cc(C#N)ccc54)cc3)c(-c3ccc(-n4c5ccc(C#N)cc5c5cc(C#N)ccc54)cc3)c(C#N)c(-c3ccc(-n4c5ccc(C#N)cc5c5cc(C#N)ccc54)cc3)c2-c2ccccn2)cc1. The van der Waals surface area contributed by atoms with Gasteiger partial charge in [0, 0.05) is 94.3 Å². The van der Waals surface area contributed by atoms with Crippen LogP contribution in [0.25, 0.3) is 166 Å². The molecule has 0 fully saturated rings. The third kappa shape index (κ3) is 9.50. The highest BCUT2D eigenvalue weighted by atomic mass is 15.0. The summed E-state index contributed by atoms with van der Waals surface area (Å²) in [6, 6.07) is 103. The van der Waals surface area contributed by atoms with Crippen LogP contribution >= 0.6 is 0 Å². The Labute approximate surface area is 595 Å². The van der Waals surface area contributed by atoms with E-state index in [0.717, 1.165) is 149 Å². The number of hydrogen-bond acceptors (Lipinski definition) is 8. The first-order chi connectivity index (χ1) is 51.0. The van der Waals surface area contributed by atoms with Gasteiger partial charge < -0.3 is 18.3 Å². The van der Waals surface area contributed by atoms with Gasteiger partial charge in [0.1, 0.15) is 6.07 Å². The Morgan fingerprint density at radius 2 is 0.490 bits per heavy atom. The van der Waals surface area contributed by atoms with Crippen molar-refractivity contribution in [1.82, 2.24) is 23.3 Å². The third-order valence-electron chi connectivity index (χ3n) is 20.3. The van der Waals surface area contributed by atoms with Gasteiger partial charge in [-0.25, -0.2) is 0 Å². The summed E-state index contributed by atoms with van der Waals surface area (Å²) in [7, 11) is 0. The lowest BCUT2D eigenvalue weighted by Crippen LogP contribution is -2.04. The van der Waals surface area contributed by atoms with Crippen LogP contribution in [0.1, 0.15) is 50.1 Å². The van der Waals surface area contributed by atoms with E-state index in [1.165, 1.54) is 11.1 Å². The van der Waals surface area contributed by atoms with Crippen LogP contribution in [0, 0.1) is 93.2 Å². The molecular formula is C92H50N12. The first kappa shape index (κ1) is 61.0. The minimum atomic E-state index is 0.389. The van der Waals surface area contributed by atoms with Gasteiger partial charge in [-0.15, -0.1) is 0 Å². The zero-order valence-corrected chi connectivity index (χ0v) is 55.8. The van der Waals surface area contributed by atoms with E-state index in [1.807, 2.05) is 103 Å². The molecule has 18 aromatic rings. The van der Waals surface area contributed by atoms with E-state index in [1.54, 1.807) is 30.5 Å². The lowest BCUT2D eigenvalue weighted by atomic mass is 9.76. The quantitative estimate of drug-likeness (QED) is 0.136. The first-order valence-corrected chi connectivity index (χ1v) is 33.7. The fraction of sp³-hybridized carbons (Fsp3) is 0.0217. The molecule has 0 saturated carbocycles. The molecule has 0 atom stereocenters. The number of aryl methyl sites for hydroxylation is 2. The van der Waals surface area contributed by atoms with E-state index >= 15 is 0 Å². The zero-order chi connectivity index (χ0) is 70.6. The lowest BCUT2D eigenvalue weighted by Gasteiger charge is -2.26. The van der Waals surface area contributed by atoms with Gasteiger partial charge in [-0.3, -0.25) is 4.98 Å². The standard InChI is InChI=1S/C92H50N12/c1-54-6-30-80-70(39-54)71-40-55(2)7-31-81(71)101(80)68-28-20-65(21-29-68)91-90(64-18-26-69(27-19-64)104-86-36-12-60(51-97)45-76(86)77-46-61(52-98)13-37-87(77)104)88(62-14-22-66(23-15-62)102-82-32-8-56(47-93)41-72(82)73-42-57(48-94)9-33-83(73)102)78(53-99)89(92(91)79-5-3-4-38-100-79)63-16-24-67(25-17-63)103-84-34-10-58(49-95)43-74(84)75-44-59(50-96)11-35-85(75)103/h3-46H,1-2H3. The van der Waals surface area contributed by atoms with Gasteiger partial charge in [-0.1, -0.05) is 77.9 Å². The summed E-state index contributed by atoms with van der Waals surface area (Å²) < 4.78 is 8.77. The Morgan fingerprint density at radius 1 is 0.240 bits per heavy atom. The second-order valence-electron chi connectivity index (χ2n) is 26.2. The molecule has 0 bridgehead atoms. The van der Waals surface area contributed by atoms with Gasteiger partial charge in [0.15, 0.2) is 0 Å². The van der Waals surface area contributed by atoms with Gasteiger partial charge in [-0.2, -0.15) is 36.8 Å². The third-order valence-corrected chi connectivity index (χ3v) is 20.3. The summed E-state index contributed by atoms with van der Waals surface area (Å²) in [5, 5.41) is 80.6. The van der Waals surface area contributed by atoms with Gasteiger partial charge in [0.2, 0.25) is 0 Å². The highest BCUT2D eigenvalue weighted by Crippen LogP contribution is 2.54. The number of nitriles is 7. The molecule has 0 spiro atoms. The van der Waals surface area contributed by atoms with Crippen molar-refractivity contribution in [1.29, 1.82) is 36.8 Å². The average molecular weight is 1320 g/mol. The first-order valence-electron chi connectivity index (χ1n) is 33.7. The van der Waals surface area contributed by atoms with Crippen molar-refractivity contribution in [3.05, 3.63) is 317 Å². The molecule has 104 heavy (non-hydrogen) atoms. The Morgan fingerprint density at radius 3 is 0.750 bits per heavy atom. The van der Waals surface area contributed by atoms with E-state index in [4.69, 9.17) is 4.98 Å². The largest absolute Gasteiger partial charge is 0.309 e. The highest BCUT2D eigenvalue weighted by molar-refractivity contribution is 6.15. The fourth-order valence-corrected chi connectivity index (χ4v) is 15.7. The topological polar surface area (TPSA) is 199 Å². The monoisotopic (exact) mass is 1320 g/mol. The Bertz CT molecular complexity index is 6820. The van der Waals surface area contributed by atoms with E-state index in [2.05, 4.69) is 208 Å². The van der Waals surface area contributed by atoms with Crippen LogP contribution < -0.4 is 0 Å². The number of benzene rings is 13. The summed E-state index contributed by atoms with van der Waals surface area (Å²) in [6.45, 7) is 4.25. The second-order valence-corrected chi connectivity index (χ2v) is 26.2. The minimum Gasteiger partial charge on any atom is -0.309 e. The lowest BCUT2D eigenvalue weighted by molar-refractivity contribution is 1.18.